The quantitative estimate of drug-likeness (QED) is 0.912. The van der Waals surface area contributed by atoms with Gasteiger partial charge in [0, 0.05) is 0 Å². The van der Waals surface area contributed by atoms with E-state index >= 15 is 0 Å². The summed E-state index contributed by atoms with van der Waals surface area (Å²) in [5.41, 5.74) is 0.396. The number of halogens is 1. The van der Waals surface area contributed by atoms with Gasteiger partial charge in [-0.3, -0.25) is 9.69 Å². The summed E-state index contributed by atoms with van der Waals surface area (Å²) >= 11 is 0. The zero-order valence-electron chi connectivity index (χ0n) is 11.3. The monoisotopic (exact) mass is 277 g/mol. The second-order valence-electron chi connectivity index (χ2n) is 4.68. The molecule has 0 spiro atoms. The molecule has 0 saturated carbocycles. The van der Waals surface area contributed by atoms with E-state index < -0.39 is 12.0 Å². The lowest BCUT2D eigenvalue weighted by molar-refractivity contribution is -0.142. The van der Waals surface area contributed by atoms with Crippen LogP contribution in [0.4, 0.5) is 4.39 Å². The fourth-order valence-electron chi connectivity index (χ4n) is 1.84. The lowest BCUT2D eigenvalue weighted by Crippen LogP contribution is -2.35. The molecule has 2 rings (SSSR count). The van der Waals surface area contributed by atoms with Crippen LogP contribution in [0, 0.1) is 5.82 Å². The predicted molar refractivity (Wildman–Crippen MR) is 72.7 cm³/mol. The molecule has 0 radical (unpaired) electrons. The average molecular weight is 277 g/mol. The molecule has 0 saturated heterocycles. The molecule has 2 aromatic rings. The molecule has 1 aromatic carbocycles. The van der Waals surface area contributed by atoms with Crippen molar-refractivity contribution in [3.8, 4) is 11.3 Å². The van der Waals surface area contributed by atoms with E-state index in [1.54, 1.807) is 49.2 Å². The molecule has 106 valence electrons. The predicted octanol–water partition coefficient (Wildman–Crippen LogP) is 2.99. The number of carboxylic acids is 1. The van der Waals surface area contributed by atoms with Gasteiger partial charge < -0.3 is 9.52 Å². The third kappa shape index (κ3) is 3.05. The standard InChI is InChI=1S/C15H16FNO3/c1-10(15(18)19)17(2)9-11-7-8-14(20-11)12-5-3-4-6-13(12)16/h3-8,10H,9H2,1-2H3,(H,18,19). The molecule has 0 aliphatic rings. The first-order valence-electron chi connectivity index (χ1n) is 6.25. The van der Waals surface area contributed by atoms with E-state index in [1.807, 2.05) is 0 Å². The molecule has 0 fully saturated rings. The van der Waals surface area contributed by atoms with Crippen LogP contribution in [0.5, 0.6) is 0 Å². The highest BCUT2D eigenvalue weighted by Crippen LogP contribution is 2.25. The topological polar surface area (TPSA) is 53.7 Å². The molecule has 1 N–H and O–H groups in total. The second-order valence-corrected chi connectivity index (χ2v) is 4.68. The van der Waals surface area contributed by atoms with Crippen LogP contribution in [-0.2, 0) is 11.3 Å². The molecule has 0 amide bonds. The SMILES string of the molecule is CC(C(=O)O)N(C)Cc1ccc(-c2ccccc2F)o1. The molecule has 20 heavy (non-hydrogen) atoms. The molecule has 0 aliphatic carbocycles. The zero-order valence-corrected chi connectivity index (χ0v) is 11.3. The Balaban J connectivity index is 2.14. The number of carboxylic acid groups (broad SMARTS) is 1. The normalized spacial score (nSPS) is 12.6. The first kappa shape index (κ1) is 14.3. The first-order chi connectivity index (χ1) is 9.49. The van der Waals surface area contributed by atoms with Crippen molar-refractivity contribution < 1.29 is 18.7 Å². The molecular formula is C15H16FNO3. The second kappa shape index (κ2) is 5.88. The van der Waals surface area contributed by atoms with Crippen molar-refractivity contribution in [3.05, 3.63) is 48.0 Å². The van der Waals surface area contributed by atoms with Crippen molar-refractivity contribution in [1.29, 1.82) is 0 Å². The fraction of sp³-hybridized carbons (Fsp3) is 0.267. The maximum Gasteiger partial charge on any atom is 0.320 e. The van der Waals surface area contributed by atoms with Crippen LogP contribution in [-0.4, -0.2) is 29.1 Å². The number of furan rings is 1. The van der Waals surface area contributed by atoms with Crippen molar-refractivity contribution in [2.24, 2.45) is 0 Å². The number of aliphatic carboxylic acids is 1. The highest BCUT2D eigenvalue weighted by Gasteiger charge is 2.18. The molecule has 0 bridgehead atoms. The van der Waals surface area contributed by atoms with Gasteiger partial charge in [0.1, 0.15) is 23.4 Å². The van der Waals surface area contributed by atoms with Crippen LogP contribution in [0.1, 0.15) is 12.7 Å². The summed E-state index contributed by atoms with van der Waals surface area (Å²) in [4.78, 5) is 12.5. The Morgan fingerprint density at radius 2 is 2.05 bits per heavy atom. The van der Waals surface area contributed by atoms with E-state index in [0.29, 0.717) is 23.6 Å². The highest BCUT2D eigenvalue weighted by molar-refractivity contribution is 5.72. The van der Waals surface area contributed by atoms with E-state index in [9.17, 15) is 9.18 Å². The van der Waals surface area contributed by atoms with Gasteiger partial charge in [-0.15, -0.1) is 0 Å². The van der Waals surface area contributed by atoms with Gasteiger partial charge in [0.15, 0.2) is 0 Å². The first-order valence-corrected chi connectivity index (χ1v) is 6.25. The number of rotatable bonds is 5. The molecule has 0 aliphatic heterocycles. The van der Waals surface area contributed by atoms with E-state index in [1.165, 1.54) is 6.07 Å². The van der Waals surface area contributed by atoms with Gasteiger partial charge >= 0.3 is 5.97 Å². The number of carbonyl (C=O) groups is 1. The van der Waals surface area contributed by atoms with Gasteiger partial charge in [0.2, 0.25) is 0 Å². The smallest absolute Gasteiger partial charge is 0.320 e. The molecule has 1 unspecified atom stereocenters. The third-order valence-corrected chi connectivity index (χ3v) is 3.22. The summed E-state index contributed by atoms with van der Waals surface area (Å²) in [6.45, 7) is 1.95. The number of benzene rings is 1. The van der Waals surface area contributed by atoms with Crippen LogP contribution >= 0.6 is 0 Å². The Hall–Kier alpha value is -2.14. The van der Waals surface area contributed by atoms with Crippen LogP contribution < -0.4 is 0 Å². The average Bonchev–Trinajstić information content (AvgIpc) is 2.86. The maximum absolute atomic E-state index is 13.6. The summed E-state index contributed by atoms with van der Waals surface area (Å²) in [7, 11) is 1.70. The summed E-state index contributed by atoms with van der Waals surface area (Å²) in [5, 5.41) is 8.93. The summed E-state index contributed by atoms with van der Waals surface area (Å²) in [6.07, 6.45) is 0. The Morgan fingerprint density at radius 3 is 2.70 bits per heavy atom. The van der Waals surface area contributed by atoms with Crippen molar-refractivity contribution >= 4 is 5.97 Å². The molecular weight excluding hydrogens is 261 g/mol. The van der Waals surface area contributed by atoms with Crippen molar-refractivity contribution in [1.82, 2.24) is 4.90 Å². The molecule has 4 nitrogen and oxygen atoms in total. The van der Waals surface area contributed by atoms with Crippen LogP contribution in [0.15, 0.2) is 40.8 Å². The Kier molecular flexibility index (Phi) is 4.20. The van der Waals surface area contributed by atoms with E-state index in [4.69, 9.17) is 9.52 Å². The molecule has 1 heterocycles. The minimum Gasteiger partial charge on any atom is -0.480 e. The summed E-state index contributed by atoms with van der Waals surface area (Å²) in [5.74, 6) is -0.206. The number of hydrogen-bond donors (Lipinski definition) is 1. The van der Waals surface area contributed by atoms with Gasteiger partial charge in [-0.1, -0.05) is 12.1 Å². The van der Waals surface area contributed by atoms with E-state index in [2.05, 4.69) is 0 Å². The van der Waals surface area contributed by atoms with Gasteiger partial charge in [0.25, 0.3) is 0 Å². The largest absolute Gasteiger partial charge is 0.480 e. The van der Waals surface area contributed by atoms with Gasteiger partial charge in [0.05, 0.1) is 12.1 Å². The minimum absolute atomic E-state index is 0.347. The van der Waals surface area contributed by atoms with Gasteiger partial charge in [-0.05, 0) is 38.2 Å². The maximum atomic E-state index is 13.6. The minimum atomic E-state index is -0.895. The lowest BCUT2D eigenvalue weighted by Gasteiger charge is -2.19. The lowest BCUT2D eigenvalue weighted by atomic mass is 10.1. The van der Waals surface area contributed by atoms with E-state index in [0.717, 1.165) is 0 Å². The van der Waals surface area contributed by atoms with Gasteiger partial charge in [-0.2, -0.15) is 0 Å². The summed E-state index contributed by atoms with van der Waals surface area (Å²) < 4.78 is 19.2. The summed E-state index contributed by atoms with van der Waals surface area (Å²) in [6, 6.07) is 9.17. The Labute approximate surface area is 116 Å². The number of nitrogens with zero attached hydrogens (tertiary/aromatic N) is 1. The molecule has 1 atom stereocenters. The fourth-order valence-corrected chi connectivity index (χ4v) is 1.84. The van der Waals surface area contributed by atoms with Crippen LogP contribution in [0.3, 0.4) is 0 Å². The van der Waals surface area contributed by atoms with Crippen molar-refractivity contribution in [2.45, 2.75) is 19.5 Å². The highest BCUT2D eigenvalue weighted by atomic mass is 19.1. The van der Waals surface area contributed by atoms with Crippen LogP contribution in [0.25, 0.3) is 11.3 Å². The number of hydrogen-bond acceptors (Lipinski definition) is 3. The number of likely N-dealkylation sites (N-methyl/N-ethyl adjacent to an activating group) is 1. The molecule has 5 heteroatoms. The van der Waals surface area contributed by atoms with Crippen molar-refractivity contribution in [2.75, 3.05) is 7.05 Å². The Morgan fingerprint density at radius 1 is 1.35 bits per heavy atom. The Bertz CT molecular complexity index is 609. The zero-order chi connectivity index (χ0) is 14.7. The third-order valence-electron chi connectivity index (χ3n) is 3.22. The van der Waals surface area contributed by atoms with Gasteiger partial charge in [-0.25, -0.2) is 4.39 Å². The van der Waals surface area contributed by atoms with Crippen molar-refractivity contribution in [3.63, 3.8) is 0 Å². The van der Waals surface area contributed by atoms with E-state index in [-0.39, 0.29) is 5.82 Å². The molecule has 1 aromatic heterocycles. The van der Waals surface area contributed by atoms with Crippen LogP contribution in [0.2, 0.25) is 0 Å².